The van der Waals surface area contributed by atoms with Gasteiger partial charge in [0.15, 0.2) is 0 Å². The van der Waals surface area contributed by atoms with Gasteiger partial charge in [-0.25, -0.2) is 0 Å². The van der Waals surface area contributed by atoms with E-state index in [4.69, 9.17) is 13.9 Å². The molecule has 132 valence electrons. The highest BCUT2D eigenvalue weighted by Crippen LogP contribution is 2.17. The molecule has 1 heterocycles. The molecule has 0 aliphatic heterocycles. The van der Waals surface area contributed by atoms with Crippen LogP contribution in [0.4, 0.5) is 5.88 Å². The molecule has 2 rings (SSSR count). The minimum absolute atomic E-state index is 0.229. The first-order chi connectivity index (χ1) is 12.1. The fourth-order valence-electron chi connectivity index (χ4n) is 1.89. The molecule has 0 fully saturated rings. The molecule has 0 radical (unpaired) electrons. The molecule has 8 heteroatoms. The van der Waals surface area contributed by atoms with Gasteiger partial charge in [0, 0.05) is 6.08 Å². The van der Waals surface area contributed by atoms with Crippen molar-refractivity contribution in [2.45, 2.75) is 6.92 Å². The number of benzene rings is 1. The van der Waals surface area contributed by atoms with Crippen LogP contribution in [-0.2, 0) is 4.79 Å². The summed E-state index contributed by atoms with van der Waals surface area (Å²) < 4.78 is 15.7. The summed E-state index contributed by atoms with van der Waals surface area (Å²) in [5.41, 5.74) is 0. The van der Waals surface area contributed by atoms with Gasteiger partial charge < -0.3 is 19.2 Å². The molecule has 0 saturated carbocycles. The van der Waals surface area contributed by atoms with Crippen LogP contribution in [0.1, 0.15) is 12.7 Å². The van der Waals surface area contributed by atoms with Crippen molar-refractivity contribution in [3.63, 3.8) is 0 Å². The Hall–Kier alpha value is -3.29. The molecule has 2 aromatic rings. The third-order valence-corrected chi connectivity index (χ3v) is 3.00. The van der Waals surface area contributed by atoms with Crippen molar-refractivity contribution in [2.75, 3.05) is 19.8 Å². The third-order valence-electron chi connectivity index (χ3n) is 3.00. The summed E-state index contributed by atoms with van der Waals surface area (Å²) in [4.78, 5) is 21.5. The lowest BCUT2D eigenvalue weighted by atomic mass is 10.3. The Morgan fingerprint density at radius 3 is 2.48 bits per heavy atom. The highest BCUT2D eigenvalue weighted by atomic mass is 16.6. The molecule has 0 bridgehead atoms. The van der Waals surface area contributed by atoms with Gasteiger partial charge in [0.25, 0.3) is 0 Å². The maximum Gasteiger partial charge on any atom is 0.433 e. The number of furan rings is 1. The molecule has 1 aromatic carbocycles. The molecular formula is C17H18N2O6. The van der Waals surface area contributed by atoms with Crippen LogP contribution < -0.4 is 14.8 Å². The Bertz CT molecular complexity index is 736. The van der Waals surface area contributed by atoms with Gasteiger partial charge in [0.1, 0.15) is 28.8 Å². The maximum atomic E-state index is 11.6. The summed E-state index contributed by atoms with van der Waals surface area (Å²) in [6, 6.07) is 9.83. The molecule has 0 atom stereocenters. The fourth-order valence-corrected chi connectivity index (χ4v) is 1.89. The van der Waals surface area contributed by atoms with Gasteiger partial charge in [-0.2, -0.15) is 0 Å². The first kappa shape index (κ1) is 18.1. The molecule has 0 saturated heterocycles. The Morgan fingerprint density at radius 1 is 1.20 bits per heavy atom. The van der Waals surface area contributed by atoms with Crippen LogP contribution in [0.5, 0.6) is 11.5 Å². The van der Waals surface area contributed by atoms with E-state index in [1.54, 1.807) is 12.1 Å². The number of amides is 1. The summed E-state index contributed by atoms with van der Waals surface area (Å²) in [6.45, 7) is 3.13. The number of carbonyl (C=O) groups excluding carboxylic acids is 1. The smallest absolute Gasteiger partial charge is 0.433 e. The molecule has 1 amide bonds. The first-order valence-electron chi connectivity index (χ1n) is 7.64. The number of rotatable bonds is 9. The van der Waals surface area contributed by atoms with E-state index in [2.05, 4.69) is 5.32 Å². The second kappa shape index (κ2) is 9.11. The summed E-state index contributed by atoms with van der Waals surface area (Å²) in [6.07, 6.45) is 2.59. The number of nitro groups is 1. The predicted molar refractivity (Wildman–Crippen MR) is 90.5 cm³/mol. The van der Waals surface area contributed by atoms with Gasteiger partial charge in [-0.3, -0.25) is 14.9 Å². The van der Waals surface area contributed by atoms with Crippen LogP contribution in [0.15, 0.2) is 46.9 Å². The lowest BCUT2D eigenvalue weighted by Gasteiger charge is -2.08. The van der Waals surface area contributed by atoms with E-state index in [0.717, 1.165) is 5.75 Å². The molecule has 1 N–H and O–H groups in total. The fraction of sp³-hybridized carbons (Fsp3) is 0.235. The third kappa shape index (κ3) is 6.02. The Morgan fingerprint density at radius 2 is 1.88 bits per heavy atom. The van der Waals surface area contributed by atoms with Gasteiger partial charge in [0.2, 0.25) is 5.91 Å². The zero-order valence-corrected chi connectivity index (χ0v) is 13.6. The quantitative estimate of drug-likeness (QED) is 0.324. The normalized spacial score (nSPS) is 10.6. The van der Waals surface area contributed by atoms with E-state index >= 15 is 0 Å². The minimum atomic E-state index is -0.643. The summed E-state index contributed by atoms with van der Waals surface area (Å²) in [7, 11) is 0. The van der Waals surface area contributed by atoms with E-state index < -0.39 is 4.92 Å². The topological polar surface area (TPSA) is 104 Å². The molecule has 0 spiro atoms. The first-order valence-corrected chi connectivity index (χ1v) is 7.64. The van der Waals surface area contributed by atoms with E-state index in [-0.39, 0.29) is 17.6 Å². The molecule has 0 aliphatic rings. The SMILES string of the molecule is CCOc1ccc(OCCNC(=O)/C=C/c2ccc([N+](=O)[O-])o2)cc1. The van der Waals surface area contributed by atoms with Crippen LogP contribution in [0, 0.1) is 10.1 Å². The Balaban J connectivity index is 1.69. The second-order valence-corrected chi connectivity index (χ2v) is 4.81. The van der Waals surface area contributed by atoms with Crippen molar-refractivity contribution in [2.24, 2.45) is 0 Å². The standard InChI is InChI=1S/C17H18N2O6/c1-2-23-13-3-5-14(6-4-13)24-12-11-18-16(20)9-7-15-8-10-17(25-15)19(21)22/h3-10H,2,11-12H2,1H3,(H,18,20)/b9-7+. The van der Waals surface area contributed by atoms with Crippen molar-refractivity contribution in [3.8, 4) is 11.5 Å². The Kier molecular flexibility index (Phi) is 6.58. The summed E-state index contributed by atoms with van der Waals surface area (Å²) in [5.74, 6) is 0.952. The van der Waals surface area contributed by atoms with Crippen LogP contribution in [0.3, 0.4) is 0 Å². The van der Waals surface area contributed by atoms with Crippen molar-refractivity contribution >= 4 is 17.9 Å². The number of nitrogens with zero attached hydrogens (tertiary/aromatic N) is 1. The van der Waals surface area contributed by atoms with Crippen LogP contribution in [-0.4, -0.2) is 30.6 Å². The van der Waals surface area contributed by atoms with E-state index in [9.17, 15) is 14.9 Å². The lowest BCUT2D eigenvalue weighted by Crippen LogP contribution is -2.26. The number of hydrogen-bond donors (Lipinski definition) is 1. The highest BCUT2D eigenvalue weighted by molar-refractivity contribution is 5.91. The molecule has 0 aliphatic carbocycles. The number of ether oxygens (including phenoxy) is 2. The van der Waals surface area contributed by atoms with Gasteiger partial charge in [-0.05, 0) is 43.3 Å². The average Bonchev–Trinajstić information content (AvgIpc) is 3.08. The molecule has 0 unspecified atom stereocenters. The van der Waals surface area contributed by atoms with Crippen LogP contribution >= 0.6 is 0 Å². The number of nitrogens with one attached hydrogen (secondary N) is 1. The largest absolute Gasteiger partial charge is 0.494 e. The second-order valence-electron chi connectivity index (χ2n) is 4.81. The van der Waals surface area contributed by atoms with E-state index in [1.165, 1.54) is 24.3 Å². The zero-order chi connectivity index (χ0) is 18.1. The van der Waals surface area contributed by atoms with Crippen molar-refractivity contribution in [1.82, 2.24) is 5.32 Å². The Labute approximate surface area is 144 Å². The van der Waals surface area contributed by atoms with E-state index in [1.807, 2.05) is 19.1 Å². The lowest BCUT2D eigenvalue weighted by molar-refractivity contribution is -0.402. The summed E-state index contributed by atoms with van der Waals surface area (Å²) >= 11 is 0. The van der Waals surface area contributed by atoms with Crippen LogP contribution in [0.25, 0.3) is 6.08 Å². The minimum Gasteiger partial charge on any atom is -0.494 e. The van der Waals surface area contributed by atoms with Gasteiger partial charge in [-0.1, -0.05) is 0 Å². The molecule has 25 heavy (non-hydrogen) atoms. The van der Waals surface area contributed by atoms with Gasteiger partial charge >= 0.3 is 5.88 Å². The zero-order valence-electron chi connectivity index (χ0n) is 13.6. The van der Waals surface area contributed by atoms with E-state index in [0.29, 0.717) is 25.5 Å². The molecule has 1 aromatic heterocycles. The van der Waals surface area contributed by atoms with Crippen molar-refractivity contribution in [3.05, 3.63) is 58.3 Å². The predicted octanol–water partition coefficient (Wildman–Crippen LogP) is 2.79. The van der Waals surface area contributed by atoms with Crippen molar-refractivity contribution in [1.29, 1.82) is 0 Å². The molecular weight excluding hydrogens is 328 g/mol. The highest BCUT2D eigenvalue weighted by Gasteiger charge is 2.10. The monoisotopic (exact) mass is 346 g/mol. The summed E-state index contributed by atoms with van der Waals surface area (Å²) in [5, 5.41) is 13.1. The average molecular weight is 346 g/mol. The van der Waals surface area contributed by atoms with Gasteiger partial charge in [-0.15, -0.1) is 0 Å². The number of hydrogen-bond acceptors (Lipinski definition) is 6. The maximum absolute atomic E-state index is 11.6. The van der Waals surface area contributed by atoms with Crippen LogP contribution in [0.2, 0.25) is 0 Å². The van der Waals surface area contributed by atoms with Crippen molar-refractivity contribution < 1.29 is 23.6 Å². The van der Waals surface area contributed by atoms with Gasteiger partial charge in [0.05, 0.1) is 19.2 Å². The number of carbonyl (C=O) groups is 1. The molecule has 8 nitrogen and oxygen atoms in total.